The molecule has 0 saturated carbocycles. The molecule has 1 fully saturated rings. The number of nitrogens with one attached hydrogen (secondary N) is 1. The molecule has 0 unspecified atom stereocenters. The first kappa shape index (κ1) is 16.0. The van der Waals surface area contributed by atoms with E-state index in [-0.39, 0.29) is 12.4 Å². The fraction of sp³-hybridized carbons (Fsp3) is 0.846. The highest BCUT2D eigenvalue weighted by atomic mass is 35.5. The van der Waals surface area contributed by atoms with Gasteiger partial charge in [0.15, 0.2) is 0 Å². The Balaban J connectivity index is 0.00000225. The Hall–Kier alpha value is -0.0500. The zero-order valence-corrected chi connectivity index (χ0v) is 11.1. The van der Waals surface area contributed by atoms with Crippen LogP contribution < -0.4 is 5.32 Å². The first-order valence-electron chi connectivity index (χ1n) is 6.35. The summed E-state index contributed by atoms with van der Waals surface area (Å²) in [5.74, 6) is 0. The molecule has 16 heavy (non-hydrogen) atoms. The van der Waals surface area contributed by atoms with Crippen molar-refractivity contribution < 1.29 is 4.74 Å². The summed E-state index contributed by atoms with van der Waals surface area (Å²) in [6.45, 7) is 6.74. The molecule has 1 heterocycles. The largest absolute Gasteiger partial charge is 0.380 e. The third-order valence-corrected chi connectivity index (χ3v) is 2.93. The van der Waals surface area contributed by atoms with E-state index in [1.165, 1.54) is 45.1 Å². The molecule has 0 bridgehead atoms. The number of ether oxygens (including phenoxy) is 1. The molecule has 1 saturated heterocycles. The zero-order chi connectivity index (χ0) is 10.8. The predicted octanol–water partition coefficient (Wildman–Crippen LogP) is 3.31. The minimum Gasteiger partial charge on any atom is -0.380 e. The van der Waals surface area contributed by atoms with Gasteiger partial charge in [-0.3, -0.25) is 0 Å². The van der Waals surface area contributed by atoms with Crippen LogP contribution in [0.4, 0.5) is 0 Å². The molecule has 3 heteroatoms. The highest BCUT2D eigenvalue weighted by Gasteiger charge is 2.12. The fourth-order valence-corrected chi connectivity index (χ4v) is 1.97. The van der Waals surface area contributed by atoms with E-state index in [2.05, 4.69) is 11.9 Å². The van der Waals surface area contributed by atoms with Gasteiger partial charge in [-0.15, -0.1) is 19.0 Å². The predicted molar refractivity (Wildman–Crippen MR) is 72.4 cm³/mol. The maximum atomic E-state index is 5.64. The lowest BCUT2D eigenvalue weighted by molar-refractivity contribution is 0.112. The first-order valence-corrected chi connectivity index (χ1v) is 6.35. The van der Waals surface area contributed by atoms with Crippen molar-refractivity contribution >= 4 is 12.4 Å². The maximum absolute atomic E-state index is 5.64. The minimum atomic E-state index is 0. The average Bonchev–Trinajstić information content (AvgIpc) is 2.75. The molecule has 0 radical (unpaired) electrons. The third-order valence-electron chi connectivity index (χ3n) is 2.93. The molecule has 0 aromatic rings. The second-order valence-corrected chi connectivity index (χ2v) is 4.36. The minimum absolute atomic E-state index is 0. The summed E-state index contributed by atoms with van der Waals surface area (Å²) in [7, 11) is 0. The van der Waals surface area contributed by atoms with Crippen LogP contribution in [0.2, 0.25) is 0 Å². The number of halogens is 1. The number of rotatable bonds is 9. The van der Waals surface area contributed by atoms with E-state index in [4.69, 9.17) is 4.74 Å². The van der Waals surface area contributed by atoms with Crippen LogP contribution in [0.15, 0.2) is 12.7 Å². The van der Waals surface area contributed by atoms with E-state index in [0.717, 1.165) is 19.6 Å². The third kappa shape index (κ3) is 8.14. The Morgan fingerprint density at radius 2 is 2.06 bits per heavy atom. The highest BCUT2D eigenvalue weighted by Crippen LogP contribution is 2.06. The number of hydrogen-bond acceptors (Lipinski definition) is 2. The van der Waals surface area contributed by atoms with Crippen molar-refractivity contribution in [2.45, 2.75) is 51.0 Å². The summed E-state index contributed by atoms with van der Waals surface area (Å²) >= 11 is 0. The lowest BCUT2D eigenvalue weighted by Crippen LogP contribution is -2.26. The smallest absolute Gasteiger partial charge is 0.0619 e. The molecule has 96 valence electrons. The SMILES string of the molecule is C=CCCCCCCOC[C@@H]1CCCN1.Cl. The molecule has 0 aromatic carbocycles. The van der Waals surface area contributed by atoms with E-state index in [9.17, 15) is 0 Å². The average molecular weight is 248 g/mol. The second kappa shape index (κ2) is 11.4. The van der Waals surface area contributed by atoms with E-state index in [1.807, 2.05) is 6.08 Å². The van der Waals surface area contributed by atoms with Gasteiger partial charge in [0.2, 0.25) is 0 Å². The van der Waals surface area contributed by atoms with Crippen molar-refractivity contribution in [3.8, 4) is 0 Å². The van der Waals surface area contributed by atoms with Crippen molar-refractivity contribution in [3.05, 3.63) is 12.7 Å². The summed E-state index contributed by atoms with van der Waals surface area (Å²) < 4.78 is 5.64. The molecular weight excluding hydrogens is 222 g/mol. The summed E-state index contributed by atoms with van der Waals surface area (Å²) in [4.78, 5) is 0. The molecule has 0 spiro atoms. The molecule has 0 aromatic heterocycles. The van der Waals surface area contributed by atoms with Crippen molar-refractivity contribution in [1.82, 2.24) is 5.32 Å². The quantitative estimate of drug-likeness (QED) is 0.499. The normalized spacial score (nSPS) is 19.4. The standard InChI is InChI=1S/C13H25NO.ClH/c1-2-3-4-5-6-7-11-15-12-13-9-8-10-14-13;/h2,13-14H,1,3-12H2;1H/t13-;/m0./s1. The van der Waals surface area contributed by atoms with Crippen molar-refractivity contribution in [2.24, 2.45) is 0 Å². The van der Waals surface area contributed by atoms with Gasteiger partial charge in [-0.05, 0) is 38.6 Å². The van der Waals surface area contributed by atoms with Gasteiger partial charge >= 0.3 is 0 Å². The molecule has 1 aliphatic rings. The Kier molecular flexibility index (Phi) is 11.4. The Labute approximate surface area is 106 Å². The Bertz CT molecular complexity index is 158. The first-order chi connectivity index (χ1) is 7.43. The topological polar surface area (TPSA) is 21.3 Å². The fourth-order valence-electron chi connectivity index (χ4n) is 1.97. The molecular formula is C13H26ClNO. The van der Waals surface area contributed by atoms with E-state index in [0.29, 0.717) is 6.04 Å². The summed E-state index contributed by atoms with van der Waals surface area (Å²) in [5, 5.41) is 3.44. The van der Waals surface area contributed by atoms with Gasteiger partial charge in [0.25, 0.3) is 0 Å². The van der Waals surface area contributed by atoms with E-state index < -0.39 is 0 Å². The second-order valence-electron chi connectivity index (χ2n) is 4.36. The van der Waals surface area contributed by atoms with Crippen LogP contribution in [-0.4, -0.2) is 25.8 Å². The van der Waals surface area contributed by atoms with Crippen LogP contribution in [0, 0.1) is 0 Å². The number of hydrogen-bond donors (Lipinski definition) is 1. The van der Waals surface area contributed by atoms with Crippen LogP contribution in [0.1, 0.15) is 44.9 Å². The lowest BCUT2D eigenvalue weighted by atomic mass is 10.1. The molecule has 1 aliphatic heterocycles. The molecule has 2 nitrogen and oxygen atoms in total. The van der Waals surface area contributed by atoms with Crippen molar-refractivity contribution in [2.75, 3.05) is 19.8 Å². The molecule has 1 rings (SSSR count). The molecule has 0 amide bonds. The van der Waals surface area contributed by atoms with Crippen LogP contribution in [-0.2, 0) is 4.74 Å². The van der Waals surface area contributed by atoms with Crippen molar-refractivity contribution in [1.29, 1.82) is 0 Å². The molecule has 1 N–H and O–H groups in total. The zero-order valence-electron chi connectivity index (χ0n) is 10.2. The monoisotopic (exact) mass is 247 g/mol. The van der Waals surface area contributed by atoms with E-state index >= 15 is 0 Å². The van der Waals surface area contributed by atoms with Gasteiger partial charge in [-0.1, -0.05) is 18.9 Å². The summed E-state index contributed by atoms with van der Waals surface area (Å²) in [5.41, 5.74) is 0. The van der Waals surface area contributed by atoms with Crippen molar-refractivity contribution in [3.63, 3.8) is 0 Å². The van der Waals surface area contributed by atoms with Gasteiger partial charge in [-0.25, -0.2) is 0 Å². The Morgan fingerprint density at radius 1 is 1.25 bits per heavy atom. The van der Waals surface area contributed by atoms with Gasteiger partial charge in [0, 0.05) is 12.6 Å². The lowest BCUT2D eigenvalue weighted by Gasteiger charge is -2.10. The van der Waals surface area contributed by atoms with Crippen LogP contribution >= 0.6 is 12.4 Å². The molecule has 1 atom stereocenters. The molecule has 0 aliphatic carbocycles. The van der Waals surface area contributed by atoms with Crippen LogP contribution in [0.25, 0.3) is 0 Å². The highest BCUT2D eigenvalue weighted by molar-refractivity contribution is 5.85. The van der Waals surface area contributed by atoms with Gasteiger partial charge < -0.3 is 10.1 Å². The van der Waals surface area contributed by atoms with Gasteiger partial charge in [0.1, 0.15) is 0 Å². The maximum Gasteiger partial charge on any atom is 0.0619 e. The van der Waals surface area contributed by atoms with Crippen LogP contribution in [0.3, 0.4) is 0 Å². The van der Waals surface area contributed by atoms with Gasteiger partial charge in [-0.2, -0.15) is 0 Å². The van der Waals surface area contributed by atoms with Crippen LogP contribution in [0.5, 0.6) is 0 Å². The van der Waals surface area contributed by atoms with Gasteiger partial charge in [0.05, 0.1) is 6.61 Å². The summed E-state index contributed by atoms with van der Waals surface area (Å²) in [6, 6.07) is 0.630. The van der Waals surface area contributed by atoms with E-state index in [1.54, 1.807) is 0 Å². The number of unbranched alkanes of at least 4 members (excludes halogenated alkanes) is 4. The summed E-state index contributed by atoms with van der Waals surface area (Å²) in [6.07, 6.45) is 10.9. The number of allylic oxidation sites excluding steroid dienone is 1. The Morgan fingerprint density at radius 3 is 2.75 bits per heavy atom.